The summed E-state index contributed by atoms with van der Waals surface area (Å²) in [6.45, 7) is 3.80. The fourth-order valence-electron chi connectivity index (χ4n) is 1.85. The highest BCUT2D eigenvalue weighted by Gasteiger charge is 2.34. The van der Waals surface area contributed by atoms with Crippen molar-refractivity contribution in [3.63, 3.8) is 0 Å². The van der Waals surface area contributed by atoms with Crippen molar-refractivity contribution in [2.24, 2.45) is 0 Å². The molecule has 0 aromatic carbocycles. The summed E-state index contributed by atoms with van der Waals surface area (Å²) in [6.07, 6.45) is 0.985. The maximum Gasteiger partial charge on any atom is 0.258 e. The van der Waals surface area contributed by atoms with Crippen molar-refractivity contribution in [2.75, 3.05) is 14.1 Å². The molecule has 0 spiro atoms. The molecule has 1 aliphatic heterocycles. The Morgan fingerprint density at radius 1 is 1.40 bits per heavy atom. The molecular weight excluding hydrogens is 194 g/mol. The quantitative estimate of drug-likeness (QED) is 0.701. The third kappa shape index (κ3) is 2.28. The molecule has 0 radical (unpaired) electrons. The van der Waals surface area contributed by atoms with Gasteiger partial charge in [0.1, 0.15) is 0 Å². The lowest BCUT2D eigenvalue weighted by atomic mass is 10.1. The third-order valence-electron chi connectivity index (χ3n) is 2.69. The van der Waals surface area contributed by atoms with Gasteiger partial charge in [-0.3, -0.25) is 14.6 Å². The number of hydrogen-bond acceptors (Lipinski definition) is 3. The van der Waals surface area contributed by atoms with Crippen molar-refractivity contribution in [1.82, 2.24) is 15.3 Å². The Kier molecular flexibility index (Phi) is 3.68. The first-order valence-corrected chi connectivity index (χ1v) is 5.25. The van der Waals surface area contributed by atoms with Crippen LogP contribution in [0.4, 0.5) is 0 Å². The van der Waals surface area contributed by atoms with Crippen molar-refractivity contribution in [2.45, 2.75) is 38.8 Å². The van der Waals surface area contributed by atoms with E-state index >= 15 is 0 Å². The summed E-state index contributed by atoms with van der Waals surface area (Å²) >= 11 is 0. The molecule has 1 heterocycles. The molecule has 0 bridgehead atoms. The number of carbonyl (C=O) groups is 2. The van der Waals surface area contributed by atoms with Crippen LogP contribution in [0.1, 0.15) is 26.7 Å². The Hall–Kier alpha value is -1.10. The average molecular weight is 213 g/mol. The Bertz CT molecular complexity index is 265. The summed E-state index contributed by atoms with van der Waals surface area (Å²) in [5, 5.41) is 5.91. The van der Waals surface area contributed by atoms with E-state index in [1.807, 2.05) is 13.8 Å². The van der Waals surface area contributed by atoms with Crippen LogP contribution in [0.25, 0.3) is 0 Å². The summed E-state index contributed by atoms with van der Waals surface area (Å²) in [6, 6.07) is -0.248. The van der Waals surface area contributed by atoms with Gasteiger partial charge in [0.25, 0.3) is 5.91 Å². The Morgan fingerprint density at radius 2 is 2.00 bits per heavy atom. The molecular formula is C10H19N3O2. The smallest absolute Gasteiger partial charge is 0.258 e. The Labute approximate surface area is 90.4 Å². The zero-order valence-electron chi connectivity index (χ0n) is 9.78. The number of nitrogens with zero attached hydrogens (tertiary/aromatic N) is 2. The standard InChI is InChI=1S/C10H19N3O2/c1-7(2)13-10(15)8(11-3)5-6-9(14)12(13)4/h7-8,11H,5-6H2,1-4H3. The van der Waals surface area contributed by atoms with Crippen LogP contribution < -0.4 is 5.32 Å². The van der Waals surface area contributed by atoms with E-state index in [0.29, 0.717) is 12.8 Å². The van der Waals surface area contributed by atoms with E-state index in [1.54, 1.807) is 14.1 Å². The largest absolute Gasteiger partial charge is 0.309 e. The van der Waals surface area contributed by atoms with E-state index in [0.717, 1.165) is 0 Å². The molecule has 0 aliphatic carbocycles. The fourth-order valence-corrected chi connectivity index (χ4v) is 1.85. The highest BCUT2D eigenvalue weighted by Crippen LogP contribution is 2.15. The van der Waals surface area contributed by atoms with Crippen molar-refractivity contribution in [1.29, 1.82) is 0 Å². The van der Waals surface area contributed by atoms with Crippen LogP contribution >= 0.6 is 0 Å². The highest BCUT2D eigenvalue weighted by atomic mass is 16.2. The van der Waals surface area contributed by atoms with Crippen molar-refractivity contribution in [3.8, 4) is 0 Å². The van der Waals surface area contributed by atoms with Gasteiger partial charge in [-0.1, -0.05) is 0 Å². The van der Waals surface area contributed by atoms with Crippen molar-refractivity contribution in [3.05, 3.63) is 0 Å². The Balaban J connectivity index is 2.95. The SMILES string of the molecule is CNC1CCC(=O)N(C)N(C(C)C)C1=O. The average Bonchev–Trinajstić information content (AvgIpc) is 2.26. The molecule has 0 saturated carbocycles. The molecule has 1 rings (SSSR count). The summed E-state index contributed by atoms with van der Waals surface area (Å²) in [5.74, 6) is -0.0318. The zero-order chi connectivity index (χ0) is 11.6. The number of likely N-dealkylation sites (N-methyl/N-ethyl adjacent to an activating group) is 1. The summed E-state index contributed by atoms with van der Waals surface area (Å²) in [4.78, 5) is 23.7. The van der Waals surface area contributed by atoms with E-state index in [4.69, 9.17) is 0 Å². The van der Waals surface area contributed by atoms with Gasteiger partial charge < -0.3 is 5.32 Å². The van der Waals surface area contributed by atoms with Gasteiger partial charge in [0, 0.05) is 19.5 Å². The van der Waals surface area contributed by atoms with E-state index in [1.165, 1.54) is 10.0 Å². The summed E-state index contributed by atoms with van der Waals surface area (Å²) in [7, 11) is 3.40. The molecule has 1 fully saturated rings. The van der Waals surface area contributed by atoms with Crippen LogP contribution in [-0.4, -0.2) is 48.0 Å². The second-order valence-electron chi connectivity index (χ2n) is 4.07. The fraction of sp³-hybridized carbons (Fsp3) is 0.800. The molecule has 2 amide bonds. The molecule has 1 atom stereocenters. The lowest BCUT2D eigenvalue weighted by molar-refractivity contribution is -0.162. The first-order chi connectivity index (χ1) is 6.99. The minimum atomic E-state index is -0.249. The molecule has 5 nitrogen and oxygen atoms in total. The molecule has 0 aromatic heterocycles. The zero-order valence-corrected chi connectivity index (χ0v) is 9.78. The minimum Gasteiger partial charge on any atom is -0.309 e. The number of hydrogen-bond donors (Lipinski definition) is 1. The maximum absolute atomic E-state index is 12.0. The van der Waals surface area contributed by atoms with E-state index in [2.05, 4.69) is 5.32 Å². The number of amides is 2. The van der Waals surface area contributed by atoms with Gasteiger partial charge in [-0.25, -0.2) is 5.01 Å². The van der Waals surface area contributed by atoms with E-state index in [-0.39, 0.29) is 23.9 Å². The van der Waals surface area contributed by atoms with Crippen molar-refractivity contribution >= 4 is 11.8 Å². The van der Waals surface area contributed by atoms with Crippen LogP contribution in [-0.2, 0) is 9.59 Å². The van der Waals surface area contributed by atoms with Gasteiger partial charge in [-0.05, 0) is 27.3 Å². The summed E-state index contributed by atoms with van der Waals surface area (Å²) < 4.78 is 0. The molecule has 15 heavy (non-hydrogen) atoms. The predicted octanol–water partition coefficient (Wildman–Crippen LogP) is -0.0214. The number of rotatable bonds is 2. The third-order valence-corrected chi connectivity index (χ3v) is 2.69. The van der Waals surface area contributed by atoms with Gasteiger partial charge in [-0.15, -0.1) is 0 Å². The van der Waals surface area contributed by atoms with Gasteiger partial charge in [0.2, 0.25) is 5.91 Å². The van der Waals surface area contributed by atoms with Crippen LogP contribution in [0.3, 0.4) is 0 Å². The van der Waals surface area contributed by atoms with Gasteiger partial charge >= 0.3 is 0 Å². The molecule has 1 saturated heterocycles. The summed E-state index contributed by atoms with van der Waals surface area (Å²) in [5.41, 5.74) is 0. The van der Waals surface area contributed by atoms with Crippen LogP contribution in [0.2, 0.25) is 0 Å². The van der Waals surface area contributed by atoms with Crippen LogP contribution in [0, 0.1) is 0 Å². The van der Waals surface area contributed by atoms with Crippen LogP contribution in [0.5, 0.6) is 0 Å². The number of nitrogens with one attached hydrogen (secondary N) is 1. The Morgan fingerprint density at radius 3 is 2.47 bits per heavy atom. The molecule has 0 aromatic rings. The number of carbonyl (C=O) groups excluding carboxylic acids is 2. The monoisotopic (exact) mass is 213 g/mol. The second kappa shape index (κ2) is 4.61. The van der Waals surface area contributed by atoms with Gasteiger partial charge in [0.05, 0.1) is 6.04 Å². The van der Waals surface area contributed by atoms with Gasteiger partial charge in [-0.2, -0.15) is 0 Å². The molecule has 1 aliphatic rings. The second-order valence-corrected chi connectivity index (χ2v) is 4.07. The van der Waals surface area contributed by atoms with Crippen LogP contribution in [0.15, 0.2) is 0 Å². The predicted molar refractivity (Wildman–Crippen MR) is 56.8 cm³/mol. The molecule has 1 N–H and O–H groups in total. The maximum atomic E-state index is 12.0. The van der Waals surface area contributed by atoms with Gasteiger partial charge in [0.15, 0.2) is 0 Å². The first-order valence-electron chi connectivity index (χ1n) is 5.25. The van der Waals surface area contributed by atoms with Crippen molar-refractivity contribution < 1.29 is 9.59 Å². The lowest BCUT2D eigenvalue weighted by Crippen LogP contribution is -2.53. The molecule has 1 unspecified atom stereocenters. The molecule has 5 heteroatoms. The lowest BCUT2D eigenvalue weighted by Gasteiger charge is -2.34. The highest BCUT2D eigenvalue weighted by molar-refractivity contribution is 5.88. The normalized spacial score (nSPS) is 23.7. The first kappa shape index (κ1) is 12.0. The molecule has 86 valence electrons. The minimum absolute atomic E-state index is 0.000370. The number of hydrazine groups is 1. The topological polar surface area (TPSA) is 52.7 Å². The van der Waals surface area contributed by atoms with E-state index in [9.17, 15) is 9.59 Å². The van der Waals surface area contributed by atoms with E-state index < -0.39 is 0 Å².